The lowest BCUT2D eigenvalue weighted by Crippen LogP contribution is -2.34. The summed E-state index contributed by atoms with van der Waals surface area (Å²) in [4.78, 5) is 0. The van der Waals surface area contributed by atoms with Crippen molar-refractivity contribution in [3.05, 3.63) is 95.1 Å². The van der Waals surface area contributed by atoms with Crippen LogP contribution in [0.2, 0.25) is 0 Å². The van der Waals surface area contributed by atoms with Crippen LogP contribution in [0.3, 0.4) is 0 Å². The third-order valence-corrected chi connectivity index (χ3v) is 5.88. The van der Waals surface area contributed by atoms with Gasteiger partial charge in [0.2, 0.25) is 6.23 Å². The van der Waals surface area contributed by atoms with Gasteiger partial charge in [-0.3, -0.25) is 0 Å². The van der Waals surface area contributed by atoms with E-state index in [0.717, 1.165) is 35.6 Å². The first-order valence-corrected chi connectivity index (χ1v) is 10.7. The van der Waals surface area contributed by atoms with E-state index in [1.165, 1.54) is 16.7 Å². The van der Waals surface area contributed by atoms with Crippen molar-refractivity contribution in [2.24, 2.45) is 5.10 Å². The summed E-state index contributed by atoms with van der Waals surface area (Å²) in [5, 5.41) is 7.18. The van der Waals surface area contributed by atoms with E-state index >= 15 is 0 Å². The number of hydrogen-bond acceptors (Lipinski definition) is 4. The summed E-state index contributed by atoms with van der Waals surface area (Å²) < 4.78 is 12.4. The second-order valence-electron chi connectivity index (χ2n) is 7.68. The van der Waals surface area contributed by atoms with Gasteiger partial charge in [0.1, 0.15) is 11.5 Å². The Labute approximate surface area is 177 Å². The highest BCUT2D eigenvalue weighted by Crippen LogP contribution is 2.48. The molecule has 0 aromatic heterocycles. The third-order valence-electron chi connectivity index (χ3n) is 5.88. The van der Waals surface area contributed by atoms with Gasteiger partial charge in [0.25, 0.3) is 0 Å². The van der Waals surface area contributed by atoms with Crippen molar-refractivity contribution in [3.8, 4) is 11.5 Å². The fourth-order valence-electron chi connectivity index (χ4n) is 4.32. The highest BCUT2D eigenvalue weighted by Gasteiger charge is 2.41. The second kappa shape index (κ2) is 7.86. The molecule has 0 fully saturated rings. The Balaban J connectivity index is 1.57. The zero-order valence-electron chi connectivity index (χ0n) is 17.4. The number of benzene rings is 3. The van der Waals surface area contributed by atoms with Crippen LogP contribution >= 0.6 is 0 Å². The largest absolute Gasteiger partial charge is 0.493 e. The minimum atomic E-state index is -0.319. The van der Waals surface area contributed by atoms with Gasteiger partial charge in [-0.05, 0) is 42.7 Å². The van der Waals surface area contributed by atoms with Crippen LogP contribution in [-0.2, 0) is 6.42 Å². The molecule has 0 bridgehead atoms. The molecule has 2 unspecified atom stereocenters. The number of fused-ring (bicyclic) bond motifs is 3. The molecule has 0 spiro atoms. The van der Waals surface area contributed by atoms with Crippen molar-refractivity contribution in [2.75, 3.05) is 6.61 Å². The summed E-state index contributed by atoms with van der Waals surface area (Å²) in [6.45, 7) is 4.79. The van der Waals surface area contributed by atoms with Crippen molar-refractivity contribution in [2.45, 2.75) is 39.0 Å². The van der Waals surface area contributed by atoms with Crippen LogP contribution in [-0.4, -0.2) is 17.3 Å². The molecule has 30 heavy (non-hydrogen) atoms. The molecule has 2 heterocycles. The zero-order chi connectivity index (χ0) is 20.5. The van der Waals surface area contributed by atoms with E-state index in [2.05, 4.69) is 60.5 Å². The lowest BCUT2D eigenvalue weighted by atomic mass is 9.95. The van der Waals surface area contributed by atoms with Gasteiger partial charge in [0, 0.05) is 12.0 Å². The number of aryl methyl sites for hydroxylation is 1. The van der Waals surface area contributed by atoms with Crippen LogP contribution in [0.25, 0.3) is 0 Å². The summed E-state index contributed by atoms with van der Waals surface area (Å²) in [7, 11) is 0. The minimum Gasteiger partial charge on any atom is -0.493 e. The standard InChI is InChI=1S/C26H26N2O2/c1-3-18-13-15-19(16-14-18)22-17-23-20-9-5-8-12-25(20)30-26(28(23)27-22)21-10-6-7-11-24(21)29-4-2/h5-16,23,26H,3-4,17H2,1-2H3. The molecule has 3 aromatic rings. The Morgan fingerprint density at radius 2 is 1.67 bits per heavy atom. The number of hydrogen-bond donors (Lipinski definition) is 0. The normalized spacial score (nSPS) is 19.5. The first-order valence-electron chi connectivity index (χ1n) is 10.7. The van der Waals surface area contributed by atoms with Crippen LogP contribution in [0.1, 0.15) is 54.8 Å². The number of hydrazone groups is 1. The molecule has 0 aliphatic carbocycles. The third kappa shape index (κ3) is 3.22. The van der Waals surface area contributed by atoms with Crippen molar-refractivity contribution in [1.82, 2.24) is 5.01 Å². The maximum Gasteiger partial charge on any atom is 0.217 e. The first kappa shape index (κ1) is 18.7. The van der Waals surface area contributed by atoms with Gasteiger partial charge in [-0.2, -0.15) is 5.10 Å². The molecule has 0 amide bonds. The molecular weight excluding hydrogens is 372 g/mol. The monoisotopic (exact) mass is 398 g/mol. The van der Waals surface area contributed by atoms with Crippen LogP contribution in [0, 0.1) is 0 Å². The second-order valence-corrected chi connectivity index (χ2v) is 7.68. The van der Waals surface area contributed by atoms with E-state index in [-0.39, 0.29) is 12.3 Å². The molecule has 2 atom stereocenters. The van der Waals surface area contributed by atoms with E-state index < -0.39 is 0 Å². The molecule has 0 saturated carbocycles. The average Bonchev–Trinajstić information content (AvgIpc) is 3.25. The van der Waals surface area contributed by atoms with E-state index in [9.17, 15) is 0 Å². The van der Waals surface area contributed by atoms with Gasteiger partial charge in [0.15, 0.2) is 0 Å². The predicted molar refractivity (Wildman–Crippen MR) is 119 cm³/mol. The van der Waals surface area contributed by atoms with Gasteiger partial charge in [0.05, 0.1) is 23.9 Å². The zero-order valence-corrected chi connectivity index (χ0v) is 17.4. The maximum atomic E-state index is 6.48. The first-order chi connectivity index (χ1) is 14.8. The number of ether oxygens (including phenoxy) is 2. The molecule has 4 heteroatoms. The Kier molecular flexibility index (Phi) is 4.91. The van der Waals surface area contributed by atoms with Gasteiger partial charge >= 0.3 is 0 Å². The quantitative estimate of drug-likeness (QED) is 0.537. The Morgan fingerprint density at radius 1 is 0.933 bits per heavy atom. The van der Waals surface area contributed by atoms with Crippen LogP contribution in [0.15, 0.2) is 77.9 Å². The number of para-hydroxylation sites is 2. The van der Waals surface area contributed by atoms with Gasteiger partial charge in [-0.15, -0.1) is 0 Å². The molecule has 0 saturated heterocycles. The summed E-state index contributed by atoms with van der Waals surface area (Å²) >= 11 is 0. The summed E-state index contributed by atoms with van der Waals surface area (Å²) in [5.41, 5.74) is 5.81. The molecular formula is C26H26N2O2. The van der Waals surface area contributed by atoms with E-state index in [0.29, 0.717) is 6.61 Å². The lowest BCUT2D eigenvalue weighted by Gasteiger charge is -2.38. The smallest absolute Gasteiger partial charge is 0.217 e. The molecule has 0 radical (unpaired) electrons. The molecule has 152 valence electrons. The minimum absolute atomic E-state index is 0.149. The van der Waals surface area contributed by atoms with Crippen molar-refractivity contribution >= 4 is 5.71 Å². The molecule has 2 aliphatic rings. The molecule has 5 rings (SSSR count). The van der Waals surface area contributed by atoms with Gasteiger partial charge < -0.3 is 9.47 Å². The molecule has 2 aliphatic heterocycles. The average molecular weight is 399 g/mol. The van der Waals surface area contributed by atoms with E-state index in [4.69, 9.17) is 14.6 Å². The van der Waals surface area contributed by atoms with E-state index in [1.807, 2.05) is 31.2 Å². The molecule has 4 nitrogen and oxygen atoms in total. The summed E-state index contributed by atoms with van der Waals surface area (Å²) in [6, 6.07) is 25.3. The molecule has 0 N–H and O–H groups in total. The maximum absolute atomic E-state index is 6.48. The highest BCUT2D eigenvalue weighted by molar-refractivity contribution is 6.02. The van der Waals surface area contributed by atoms with Crippen molar-refractivity contribution in [1.29, 1.82) is 0 Å². The van der Waals surface area contributed by atoms with Crippen LogP contribution in [0.5, 0.6) is 11.5 Å². The van der Waals surface area contributed by atoms with Crippen molar-refractivity contribution in [3.63, 3.8) is 0 Å². The Bertz CT molecular complexity index is 1070. The molecule has 3 aromatic carbocycles. The Hall–Kier alpha value is -3.27. The number of rotatable bonds is 5. The van der Waals surface area contributed by atoms with Crippen LogP contribution < -0.4 is 9.47 Å². The fourth-order valence-corrected chi connectivity index (χ4v) is 4.32. The predicted octanol–water partition coefficient (Wildman–Crippen LogP) is 5.89. The lowest BCUT2D eigenvalue weighted by molar-refractivity contribution is -0.0205. The Morgan fingerprint density at radius 3 is 2.43 bits per heavy atom. The van der Waals surface area contributed by atoms with Gasteiger partial charge in [-0.1, -0.05) is 61.5 Å². The fraction of sp³-hybridized carbons (Fsp3) is 0.269. The summed E-state index contributed by atoms with van der Waals surface area (Å²) in [6.07, 6.45) is 1.58. The summed E-state index contributed by atoms with van der Waals surface area (Å²) in [5.74, 6) is 1.77. The SMILES string of the molecule is CCOc1ccccc1C1Oc2ccccc2C2CC(c3ccc(CC)cc3)=NN21. The van der Waals surface area contributed by atoms with E-state index in [1.54, 1.807) is 0 Å². The van der Waals surface area contributed by atoms with Crippen LogP contribution in [0.4, 0.5) is 0 Å². The number of nitrogens with zero attached hydrogens (tertiary/aromatic N) is 2. The van der Waals surface area contributed by atoms with Gasteiger partial charge in [-0.25, -0.2) is 5.01 Å². The van der Waals surface area contributed by atoms with Crippen molar-refractivity contribution < 1.29 is 9.47 Å². The topological polar surface area (TPSA) is 34.1 Å². The highest BCUT2D eigenvalue weighted by atomic mass is 16.5.